The van der Waals surface area contributed by atoms with Gasteiger partial charge in [0.2, 0.25) is 11.7 Å². The first-order valence-electron chi connectivity index (χ1n) is 15.8. The second-order valence-electron chi connectivity index (χ2n) is 11.2. The molecule has 1 rings (SSSR count). The molecule has 0 spiro atoms. The molecule has 0 fully saturated rings. The number of carbonyl (C=O) groups excluding carboxylic acids is 2. The number of hydrogen-bond donors (Lipinski definition) is 3. The number of alkyl halides is 1. The number of rotatable bonds is 25. The quantitative estimate of drug-likeness (QED) is 0.0257. The summed E-state index contributed by atoms with van der Waals surface area (Å²) in [5.74, 6) is -3.75. The molecular formula is C32H53FN2O8. The molecule has 0 saturated heterocycles. The monoisotopic (exact) mass is 612 g/mol. The maximum Gasteiger partial charge on any atom is 0.370 e. The predicted octanol–water partition coefficient (Wildman–Crippen LogP) is 6.73. The van der Waals surface area contributed by atoms with Crippen LogP contribution in [-0.4, -0.2) is 60.2 Å². The Morgan fingerprint density at radius 1 is 1.02 bits per heavy atom. The molecule has 0 saturated carbocycles. The van der Waals surface area contributed by atoms with Crippen molar-refractivity contribution in [3.05, 3.63) is 24.2 Å². The Morgan fingerprint density at radius 3 is 2.12 bits per heavy atom. The van der Waals surface area contributed by atoms with Crippen molar-refractivity contribution >= 4 is 24.1 Å². The molecule has 0 bridgehead atoms. The van der Waals surface area contributed by atoms with Crippen LogP contribution in [-0.2, 0) is 33.6 Å². The van der Waals surface area contributed by atoms with Crippen LogP contribution >= 0.6 is 0 Å². The zero-order chi connectivity index (χ0) is 32.0. The van der Waals surface area contributed by atoms with Crippen molar-refractivity contribution in [1.82, 2.24) is 5.32 Å². The van der Waals surface area contributed by atoms with E-state index in [0.717, 1.165) is 70.1 Å². The molecule has 43 heavy (non-hydrogen) atoms. The molecule has 11 heteroatoms. The fraction of sp³-hybridized carbons (Fsp3) is 0.750. The Kier molecular flexibility index (Phi) is 20.0. The average molecular weight is 613 g/mol. The molecule has 0 aromatic heterocycles. The number of amides is 1. The van der Waals surface area contributed by atoms with Crippen molar-refractivity contribution in [3.8, 4) is 0 Å². The normalized spacial score (nSPS) is 19.3. The van der Waals surface area contributed by atoms with Crippen LogP contribution in [0, 0.1) is 11.3 Å². The molecule has 0 aromatic carbocycles. The van der Waals surface area contributed by atoms with Gasteiger partial charge in [0, 0.05) is 31.9 Å². The van der Waals surface area contributed by atoms with E-state index in [1.165, 1.54) is 26.2 Å². The summed E-state index contributed by atoms with van der Waals surface area (Å²) in [4.78, 5) is 46.8. The van der Waals surface area contributed by atoms with Crippen LogP contribution in [0.5, 0.6) is 0 Å². The van der Waals surface area contributed by atoms with Gasteiger partial charge in [-0.05, 0) is 18.9 Å². The van der Waals surface area contributed by atoms with Crippen molar-refractivity contribution in [2.75, 3.05) is 6.61 Å². The lowest BCUT2D eigenvalue weighted by atomic mass is 9.88. The molecule has 246 valence electrons. The van der Waals surface area contributed by atoms with E-state index in [0.29, 0.717) is 12.8 Å². The third kappa shape index (κ3) is 15.9. The van der Waals surface area contributed by atoms with Crippen LogP contribution in [0.25, 0.3) is 0 Å². The number of esters is 1. The smallest absolute Gasteiger partial charge is 0.370 e. The average Bonchev–Trinajstić information content (AvgIpc) is 2.97. The molecule has 0 aromatic rings. The van der Waals surface area contributed by atoms with E-state index in [4.69, 9.17) is 24.7 Å². The van der Waals surface area contributed by atoms with Crippen LogP contribution < -0.4 is 5.32 Å². The Balaban J connectivity index is 2.91. The molecule has 5 atom stereocenters. The lowest BCUT2D eigenvalue weighted by Gasteiger charge is -2.38. The molecule has 1 heterocycles. The van der Waals surface area contributed by atoms with Crippen molar-refractivity contribution < 1.29 is 43.1 Å². The summed E-state index contributed by atoms with van der Waals surface area (Å²) in [6.45, 7) is 8.82. The molecule has 10 nitrogen and oxygen atoms in total. The van der Waals surface area contributed by atoms with Gasteiger partial charge in [0.15, 0.2) is 18.4 Å². The number of allylic oxidation sites excluding steroid dienone is 1. The summed E-state index contributed by atoms with van der Waals surface area (Å²) in [5.41, 5.74) is 0. The third-order valence-electron chi connectivity index (χ3n) is 7.31. The number of carboxylic acid groups (broad SMARTS) is 1. The van der Waals surface area contributed by atoms with Crippen molar-refractivity contribution in [2.45, 2.75) is 142 Å². The van der Waals surface area contributed by atoms with Crippen LogP contribution in [0.15, 0.2) is 24.2 Å². The Bertz CT molecular complexity index is 897. The van der Waals surface area contributed by atoms with Gasteiger partial charge < -0.3 is 30.2 Å². The third-order valence-corrected chi connectivity index (χ3v) is 7.31. The van der Waals surface area contributed by atoms with Crippen LogP contribution in [0.4, 0.5) is 4.39 Å². The standard InChI is InChI=1S/C32H53FN2O8/c1-5-7-9-11-13-15-17-19-28(37)40-22-27(43-42-23(3)18-16-14-12-10-8-6-2)29(33)31-30(35-24(4)36)25(21-34)20-26(41-31)32(38)39/h20-21,25,27,29-31,34H,3,5-19,22H2,1-2,4H3,(H,35,36)(H,38,39)/t25-,27?,29?,30?,31+/m1/s1. The maximum atomic E-state index is 16.2. The minimum absolute atomic E-state index is 0.166. The number of halogens is 1. The van der Waals surface area contributed by atoms with E-state index in [1.54, 1.807) is 0 Å². The van der Waals surface area contributed by atoms with Gasteiger partial charge in [-0.1, -0.05) is 91.1 Å². The fourth-order valence-corrected chi connectivity index (χ4v) is 4.84. The van der Waals surface area contributed by atoms with Crippen molar-refractivity contribution in [1.29, 1.82) is 5.41 Å². The van der Waals surface area contributed by atoms with Gasteiger partial charge in [0.25, 0.3) is 0 Å². The largest absolute Gasteiger partial charge is 0.478 e. The number of nitrogens with one attached hydrogen (secondary N) is 2. The van der Waals surface area contributed by atoms with Gasteiger partial charge in [0.05, 0.1) is 6.04 Å². The minimum Gasteiger partial charge on any atom is -0.478 e. The zero-order valence-electron chi connectivity index (χ0n) is 26.2. The van der Waals surface area contributed by atoms with Gasteiger partial charge in [-0.2, -0.15) is 4.89 Å². The zero-order valence-corrected chi connectivity index (χ0v) is 26.2. The second-order valence-corrected chi connectivity index (χ2v) is 11.2. The first kappa shape index (κ1) is 38.1. The Hall–Kier alpha value is -2.95. The minimum atomic E-state index is -2.12. The maximum absolute atomic E-state index is 16.2. The number of unbranched alkanes of at least 4 members (excludes halogenated alkanes) is 11. The first-order valence-corrected chi connectivity index (χ1v) is 15.8. The second kappa shape index (κ2) is 22.6. The van der Waals surface area contributed by atoms with E-state index in [-0.39, 0.29) is 12.2 Å². The van der Waals surface area contributed by atoms with E-state index in [1.807, 2.05) is 0 Å². The summed E-state index contributed by atoms with van der Waals surface area (Å²) >= 11 is 0. The summed E-state index contributed by atoms with van der Waals surface area (Å²) in [7, 11) is 0. The van der Waals surface area contributed by atoms with Crippen molar-refractivity contribution in [3.63, 3.8) is 0 Å². The van der Waals surface area contributed by atoms with Gasteiger partial charge >= 0.3 is 11.9 Å². The number of carbonyl (C=O) groups is 3. The molecule has 1 aliphatic rings. The number of carboxylic acids is 1. The highest BCUT2D eigenvalue weighted by molar-refractivity contribution is 5.86. The van der Waals surface area contributed by atoms with E-state index in [9.17, 15) is 19.5 Å². The topological polar surface area (TPSA) is 144 Å². The van der Waals surface area contributed by atoms with Gasteiger partial charge in [-0.15, -0.1) is 0 Å². The Morgan fingerprint density at radius 2 is 1.58 bits per heavy atom. The summed E-state index contributed by atoms with van der Waals surface area (Å²) in [5, 5.41) is 19.8. The van der Waals surface area contributed by atoms with Crippen LogP contribution in [0.1, 0.15) is 117 Å². The highest BCUT2D eigenvalue weighted by atomic mass is 19.1. The molecule has 1 aliphatic heterocycles. The van der Waals surface area contributed by atoms with Crippen LogP contribution in [0.2, 0.25) is 0 Å². The number of aliphatic carboxylic acids is 1. The van der Waals surface area contributed by atoms with Crippen LogP contribution in [0.3, 0.4) is 0 Å². The molecular weight excluding hydrogens is 559 g/mol. The van der Waals surface area contributed by atoms with Gasteiger partial charge in [-0.3, -0.25) is 9.59 Å². The fourth-order valence-electron chi connectivity index (χ4n) is 4.84. The molecule has 3 N–H and O–H groups in total. The lowest BCUT2D eigenvalue weighted by molar-refractivity contribution is -0.319. The van der Waals surface area contributed by atoms with E-state index in [2.05, 4.69) is 25.7 Å². The highest BCUT2D eigenvalue weighted by Gasteiger charge is 2.46. The lowest BCUT2D eigenvalue weighted by Crippen LogP contribution is -2.57. The molecule has 1 amide bonds. The molecule has 3 unspecified atom stereocenters. The van der Waals surface area contributed by atoms with E-state index < -0.39 is 60.6 Å². The predicted molar refractivity (Wildman–Crippen MR) is 162 cm³/mol. The summed E-state index contributed by atoms with van der Waals surface area (Å²) in [6, 6.07) is -1.12. The summed E-state index contributed by atoms with van der Waals surface area (Å²) in [6.07, 6.45) is 11.0. The number of ether oxygens (including phenoxy) is 2. The van der Waals surface area contributed by atoms with E-state index >= 15 is 4.39 Å². The first-order chi connectivity index (χ1) is 20.6. The highest BCUT2D eigenvalue weighted by Crippen LogP contribution is 2.29. The number of hydrogen-bond acceptors (Lipinski definition) is 8. The summed E-state index contributed by atoms with van der Waals surface area (Å²) < 4.78 is 27.0. The SMILES string of the molecule is C=C(CCCCCCCC)OOC(COC(=O)CCCCCCCCC)C(F)[C@@H]1OC(C(=O)O)=C[C@H](C=N)C1NC(C)=O. The molecule has 0 aliphatic carbocycles. The van der Waals surface area contributed by atoms with Gasteiger partial charge in [0.1, 0.15) is 12.4 Å². The molecule has 0 radical (unpaired) electrons. The van der Waals surface area contributed by atoms with Gasteiger partial charge in [-0.25, -0.2) is 9.18 Å². The Labute approximate surface area is 256 Å². The van der Waals surface area contributed by atoms with Crippen molar-refractivity contribution in [2.24, 2.45) is 5.92 Å².